The molecule has 0 unspecified atom stereocenters. The fraction of sp³-hybridized carbons (Fsp3) is 0.333. The predicted octanol–water partition coefficient (Wildman–Crippen LogP) is 2.22. The third-order valence-electron chi connectivity index (χ3n) is 3.24. The van der Waals surface area contributed by atoms with Crippen molar-refractivity contribution in [1.29, 1.82) is 0 Å². The maximum atomic E-state index is 11.6. The Kier molecular flexibility index (Phi) is 5.30. The summed E-state index contributed by atoms with van der Waals surface area (Å²) in [4.78, 5) is 18.1. The Bertz CT molecular complexity index is 583. The molecule has 1 atom stereocenters. The quantitative estimate of drug-likeness (QED) is 0.859. The van der Waals surface area contributed by atoms with E-state index in [-0.39, 0.29) is 11.9 Å². The largest absolute Gasteiger partial charge is 0.368 e. The topological polar surface area (TPSA) is 57.3 Å². The van der Waals surface area contributed by atoms with Gasteiger partial charge >= 0.3 is 0 Å². The third kappa shape index (κ3) is 4.03. The molecule has 5 nitrogen and oxygen atoms in total. The van der Waals surface area contributed by atoms with Crippen molar-refractivity contribution in [2.45, 2.75) is 6.04 Å². The highest BCUT2D eigenvalue weighted by Crippen LogP contribution is 2.21. The first kappa shape index (κ1) is 15.5. The molecule has 2 aromatic rings. The zero-order valence-corrected chi connectivity index (χ0v) is 13.3. The normalized spacial score (nSPS) is 12.2. The molecule has 0 aromatic carbocycles. The molecule has 112 valence electrons. The molecule has 0 spiro atoms. The summed E-state index contributed by atoms with van der Waals surface area (Å²) in [5, 5.41) is 10.1. The lowest BCUT2D eigenvalue weighted by molar-refractivity contribution is 0.0958. The number of hydrogen-bond donors (Lipinski definition) is 2. The van der Waals surface area contributed by atoms with Crippen LogP contribution in [0.3, 0.4) is 0 Å². The highest BCUT2D eigenvalue weighted by molar-refractivity contribution is 7.07. The van der Waals surface area contributed by atoms with Crippen LogP contribution in [-0.2, 0) is 0 Å². The molecule has 0 saturated carbocycles. The van der Waals surface area contributed by atoms with E-state index in [2.05, 4.69) is 51.4 Å². The Labute approximate surface area is 129 Å². The molecule has 1 amide bonds. The molecule has 2 aromatic heterocycles. The standard InChI is InChI=1S/C15H20N4OS/c1-16-15(20)12-5-4-6-14(18-12)17-9-13(19(2)3)11-7-8-21-10-11/h4-8,10,13H,9H2,1-3H3,(H,16,20)(H,17,18)/t13-/m0/s1. The van der Waals surface area contributed by atoms with Crippen LogP contribution in [-0.4, -0.2) is 43.5 Å². The summed E-state index contributed by atoms with van der Waals surface area (Å²) in [6, 6.07) is 7.79. The molecule has 0 aliphatic rings. The number of carbonyl (C=O) groups is 1. The number of aromatic nitrogens is 1. The Morgan fingerprint density at radius 1 is 1.38 bits per heavy atom. The Morgan fingerprint density at radius 3 is 2.81 bits per heavy atom. The van der Waals surface area contributed by atoms with Gasteiger partial charge in [-0.3, -0.25) is 4.79 Å². The van der Waals surface area contributed by atoms with Crippen LogP contribution in [0.25, 0.3) is 0 Å². The summed E-state index contributed by atoms with van der Waals surface area (Å²) < 4.78 is 0. The summed E-state index contributed by atoms with van der Waals surface area (Å²) >= 11 is 1.69. The molecule has 2 rings (SSSR count). The molecule has 21 heavy (non-hydrogen) atoms. The van der Waals surface area contributed by atoms with Gasteiger partial charge in [-0.2, -0.15) is 11.3 Å². The molecule has 0 bridgehead atoms. The predicted molar refractivity (Wildman–Crippen MR) is 86.9 cm³/mol. The number of anilines is 1. The van der Waals surface area contributed by atoms with Crippen LogP contribution in [0.5, 0.6) is 0 Å². The van der Waals surface area contributed by atoms with Gasteiger partial charge in [0.1, 0.15) is 11.5 Å². The lowest BCUT2D eigenvalue weighted by Crippen LogP contribution is -2.27. The van der Waals surface area contributed by atoms with E-state index >= 15 is 0 Å². The van der Waals surface area contributed by atoms with Crippen molar-refractivity contribution in [3.63, 3.8) is 0 Å². The van der Waals surface area contributed by atoms with Crippen LogP contribution in [0.1, 0.15) is 22.1 Å². The first-order valence-electron chi connectivity index (χ1n) is 6.73. The van der Waals surface area contributed by atoms with Gasteiger partial charge in [0.15, 0.2) is 0 Å². The Hall–Kier alpha value is -1.92. The first-order valence-corrected chi connectivity index (χ1v) is 7.67. The number of hydrogen-bond acceptors (Lipinski definition) is 5. The van der Waals surface area contributed by atoms with Crippen molar-refractivity contribution in [3.8, 4) is 0 Å². The van der Waals surface area contributed by atoms with Gasteiger partial charge in [-0.05, 0) is 48.6 Å². The van der Waals surface area contributed by atoms with E-state index in [0.29, 0.717) is 11.5 Å². The number of thiophene rings is 1. The molecular weight excluding hydrogens is 284 g/mol. The van der Waals surface area contributed by atoms with Crippen LogP contribution in [0, 0.1) is 0 Å². The third-order valence-corrected chi connectivity index (χ3v) is 3.94. The van der Waals surface area contributed by atoms with E-state index in [1.807, 2.05) is 12.1 Å². The summed E-state index contributed by atoms with van der Waals surface area (Å²) in [5.41, 5.74) is 1.69. The smallest absolute Gasteiger partial charge is 0.269 e. The van der Waals surface area contributed by atoms with E-state index in [4.69, 9.17) is 0 Å². The van der Waals surface area contributed by atoms with Gasteiger partial charge in [-0.1, -0.05) is 6.07 Å². The minimum Gasteiger partial charge on any atom is -0.368 e. The van der Waals surface area contributed by atoms with Crippen molar-refractivity contribution in [2.24, 2.45) is 0 Å². The fourth-order valence-electron chi connectivity index (χ4n) is 2.05. The Balaban J connectivity index is 2.06. The van der Waals surface area contributed by atoms with E-state index < -0.39 is 0 Å². The maximum Gasteiger partial charge on any atom is 0.269 e. The molecule has 0 aliphatic carbocycles. The van der Waals surface area contributed by atoms with Crippen LogP contribution in [0.15, 0.2) is 35.0 Å². The molecule has 0 saturated heterocycles. The summed E-state index contributed by atoms with van der Waals surface area (Å²) in [5.74, 6) is 0.527. The van der Waals surface area contributed by atoms with Crippen molar-refractivity contribution in [2.75, 3.05) is 33.0 Å². The minimum atomic E-state index is -0.180. The fourth-order valence-corrected chi connectivity index (χ4v) is 2.76. The second-order valence-electron chi connectivity index (χ2n) is 4.90. The highest BCUT2D eigenvalue weighted by atomic mass is 32.1. The van der Waals surface area contributed by atoms with E-state index in [1.54, 1.807) is 24.5 Å². The number of pyridine rings is 1. The van der Waals surface area contributed by atoms with Gasteiger partial charge in [0.05, 0.1) is 6.04 Å². The second kappa shape index (κ2) is 7.19. The van der Waals surface area contributed by atoms with Gasteiger partial charge in [0.2, 0.25) is 0 Å². The van der Waals surface area contributed by atoms with E-state index in [0.717, 1.165) is 6.54 Å². The van der Waals surface area contributed by atoms with Gasteiger partial charge in [-0.15, -0.1) is 0 Å². The molecule has 0 radical (unpaired) electrons. The number of likely N-dealkylation sites (N-methyl/N-ethyl adjacent to an activating group) is 1. The average molecular weight is 304 g/mol. The van der Waals surface area contributed by atoms with E-state index in [9.17, 15) is 4.79 Å². The van der Waals surface area contributed by atoms with E-state index in [1.165, 1.54) is 5.56 Å². The molecule has 2 heterocycles. The second-order valence-corrected chi connectivity index (χ2v) is 5.68. The molecule has 6 heteroatoms. The lowest BCUT2D eigenvalue weighted by atomic mass is 10.1. The number of rotatable bonds is 6. The minimum absolute atomic E-state index is 0.180. The Morgan fingerprint density at radius 2 is 2.19 bits per heavy atom. The maximum absolute atomic E-state index is 11.6. The molecule has 0 aliphatic heterocycles. The van der Waals surface area contributed by atoms with Gasteiger partial charge in [0.25, 0.3) is 5.91 Å². The summed E-state index contributed by atoms with van der Waals surface area (Å²) in [6.07, 6.45) is 0. The van der Waals surface area contributed by atoms with Crippen molar-refractivity contribution in [1.82, 2.24) is 15.2 Å². The van der Waals surface area contributed by atoms with Gasteiger partial charge in [-0.25, -0.2) is 4.98 Å². The average Bonchev–Trinajstić information content (AvgIpc) is 3.00. The number of nitrogens with zero attached hydrogens (tertiary/aromatic N) is 2. The van der Waals surface area contributed by atoms with Gasteiger partial charge < -0.3 is 15.5 Å². The van der Waals surface area contributed by atoms with Crippen LogP contribution >= 0.6 is 11.3 Å². The number of carbonyl (C=O) groups excluding carboxylic acids is 1. The van der Waals surface area contributed by atoms with Gasteiger partial charge in [0, 0.05) is 13.6 Å². The van der Waals surface area contributed by atoms with Crippen LogP contribution in [0.2, 0.25) is 0 Å². The SMILES string of the molecule is CNC(=O)c1cccc(NC[C@@H](c2ccsc2)N(C)C)n1. The molecule has 0 fully saturated rings. The van der Waals surface area contributed by atoms with Crippen molar-refractivity contribution < 1.29 is 4.79 Å². The summed E-state index contributed by atoms with van der Waals surface area (Å²) in [7, 11) is 5.71. The van der Waals surface area contributed by atoms with Crippen LogP contribution in [0.4, 0.5) is 5.82 Å². The first-order chi connectivity index (χ1) is 10.1. The summed E-state index contributed by atoms with van der Waals surface area (Å²) in [6.45, 7) is 0.730. The molecule has 2 N–H and O–H groups in total. The number of nitrogens with one attached hydrogen (secondary N) is 2. The number of amides is 1. The lowest BCUT2D eigenvalue weighted by Gasteiger charge is -2.24. The van der Waals surface area contributed by atoms with Crippen LogP contribution < -0.4 is 10.6 Å². The zero-order valence-electron chi connectivity index (χ0n) is 12.5. The molecular formula is C15H20N4OS. The van der Waals surface area contributed by atoms with Crippen molar-refractivity contribution >= 4 is 23.1 Å². The zero-order chi connectivity index (χ0) is 15.2. The van der Waals surface area contributed by atoms with Crippen molar-refractivity contribution in [3.05, 3.63) is 46.3 Å². The highest BCUT2D eigenvalue weighted by Gasteiger charge is 2.14. The monoisotopic (exact) mass is 304 g/mol.